The topological polar surface area (TPSA) is 84.9 Å². The van der Waals surface area contributed by atoms with Crippen molar-refractivity contribution in [2.75, 3.05) is 13.2 Å². The van der Waals surface area contributed by atoms with Gasteiger partial charge in [-0.2, -0.15) is 0 Å². The van der Waals surface area contributed by atoms with E-state index in [0.29, 0.717) is 30.3 Å². The lowest BCUT2D eigenvalue weighted by molar-refractivity contribution is -0.139. The van der Waals surface area contributed by atoms with Crippen LogP contribution in [0.1, 0.15) is 29.8 Å². The van der Waals surface area contributed by atoms with E-state index in [1.165, 1.54) is 0 Å². The van der Waals surface area contributed by atoms with Gasteiger partial charge in [-0.15, -0.1) is 0 Å². The van der Waals surface area contributed by atoms with Crippen molar-refractivity contribution in [1.82, 2.24) is 5.32 Å². The third kappa shape index (κ3) is 5.24. The maximum absolute atomic E-state index is 12.5. The summed E-state index contributed by atoms with van der Waals surface area (Å²) in [5.41, 5.74) is 1.15. The van der Waals surface area contributed by atoms with E-state index in [-0.39, 0.29) is 6.42 Å². The summed E-state index contributed by atoms with van der Waals surface area (Å²) >= 11 is 0. The Morgan fingerprint density at radius 2 is 1.65 bits per heavy atom. The van der Waals surface area contributed by atoms with E-state index >= 15 is 0 Å². The van der Waals surface area contributed by atoms with Gasteiger partial charge in [-0.3, -0.25) is 4.79 Å². The molecular formula is C20H23NO5. The van der Waals surface area contributed by atoms with Crippen molar-refractivity contribution in [2.45, 2.75) is 26.3 Å². The smallest absolute Gasteiger partial charge is 0.326 e. The summed E-state index contributed by atoms with van der Waals surface area (Å²) in [6, 6.07) is 12.9. The largest absolute Gasteiger partial charge is 0.490 e. The summed E-state index contributed by atoms with van der Waals surface area (Å²) in [4.78, 5) is 24.0. The van der Waals surface area contributed by atoms with Gasteiger partial charge in [0.1, 0.15) is 6.04 Å². The molecule has 2 aromatic rings. The molecule has 2 aromatic carbocycles. The zero-order valence-corrected chi connectivity index (χ0v) is 14.9. The number of nitrogens with one attached hydrogen (secondary N) is 1. The molecule has 0 aliphatic rings. The lowest BCUT2D eigenvalue weighted by atomic mass is 10.1. The van der Waals surface area contributed by atoms with Crippen molar-refractivity contribution in [3.8, 4) is 11.5 Å². The minimum Gasteiger partial charge on any atom is -0.490 e. The fourth-order valence-corrected chi connectivity index (χ4v) is 2.48. The molecule has 1 atom stereocenters. The maximum Gasteiger partial charge on any atom is 0.326 e. The zero-order chi connectivity index (χ0) is 18.9. The second-order valence-electron chi connectivity index (χ2n) is 5.58. The summed E-state index contributed by atoms with van der Waals surface area (Å²) in [6.07, 6.45) is 0.206. The number of ether oxygens (including phenoxy) is 2. The molecule has 6 nitrogen and oxygen atoms in total. The summed E-state index contributed by atoms with van der Waals surface area (Å²) in [5, 5.41) is 12.0. The number of carboxylic acids is 1. The first-order chi connectivity index (χ1) is 12.5. The minimum atomic E-state index is -1.09. The molecule has 1 amide bonds. The highest BCUT2D eigenvalue weighted by Gasteiger charge is 2.22. The standard InChI is InChI=1S/C20H23NO5/c1-3-25-17-11-10-15(13-18(17)26-4-2)19(22)21-16(20(23)24)12-14-8-6-5-7-9-14/h5-11,13,16H,3-4,12H2,1-2H3,(H,21,22)(H,23,24)/t16-/m1/s1. The number of rotatable bonds is 9. The van der Waals surface area contributed by atoms with Gasteiger partial charge in [-0.25, -0.2) is 4.79 Å². The molecular weight excluding hydrogens is 334 g/mol. The van der Waals surface area contributed by atoms with E-state index in [0.717, 1.165) is 5.56 Å². The van der Waals surface area contributed by atoms with Gasteiger partial charge in [-0.1, -0.05) is 30.3 Å². The van der Waals surface area contributed by atoms with Crippen molar-refractivity contribution in [2.24, 2.45) is 0 Å². The summed E-state index contributed by atoms with van der Waals surface area (Å²) in [7, 11) is 0. The quantitative estimate of drug-likeness (QED) is 0.721. The first kappa shape index (κ1) is 19.3. The Morgan fingerprint density at radius 3 is 2.27 bits per heavy atom. The van der Waals surface area contributed by atoms with Gasteiger partial charge in [-0.05, 0) is 37.6 Å². The number of hydrogen-bond donors (Lipinski definition) is 2. The Balaban J connectivity index is 2.15. The van der Waals surface area contributed by atoms with Crippen LogP contribution < -0.4 is 14.8 Å². The Bertz CT molecular complexity index is 745. The van der Waals surface area contributed by atoms with E-state index < -0.39 is 17.9 Å². The number of carbonyl (C=O) groups excluding carboxylic acids is 1. The zero-order valence-electron chi connectivity index (χ0n) is 14.9. The van der Waals surface area contributed by atoms with Crippen LogP contribution in [0.4, 0.5) is 0 Å². The van der Waals surface area contributed by atoms with E-state index in [9.17, 15) is 14.7 Å². The third-order valence-electron chi connectivity index (χ3n) is 3.69. The Kier molecular flexibility index (Phi) is 7.02. The number of hydrogen-bond acceptors (Lipinski definition) is 4. The van der Waals surface area contributed by atoms with E-state index in [1.54, 1.807) is 18.2 Å². The molecule has 0 fully saturated rings. The van der Waals surface area contributed by atoms with Crippen LogP contribution in [-0.2, 0) is 11.2 Å². The molecule has 0 unspecified atom stereocenters. The number of aliphatic carboxylic acids is 1. The van der Waals surface area contributed by atoms with E-state index in [4.69, 9.17) is 9.47 Å². The molecule has 26 heavy (non-hydrogen) atoms. The van der Waals surface area contributed by atoms with Gasteiger partial charge in [0.05, 0.1) is 13.2 Å². The normalized spacial score (nSPS) is 11.5. The lowest BCUT2D eigenvalue weighted by Gasteiger charge is -2.16. The van der Waals surface area contributed by atoms with Gasteiger partial charge in [0.25, 0.3) is 5.91 Å². The van der Waals surface area contributed by atoms with Crippen molar-refractivity contribution < 1.29 is 24.2 Å². The summed E-state index contributed by atoms with van der Waals surface area (Å²) in [6.45, 7) is 4.60. The molecule has 6 heteroatoms. The summed E-state index contributed by atoms with van der Waals surface area (Å²) < 4.78 is 11.0. The number of carboxylic acid groups (broad SMARTS) is 1. The number of carbonyl (C=O) groups is 2. The summed E-state index contributed by atoms with van der Waals surface area (Å²) in [5.74, 6) is -0.558. The average molecular weight is 357 g/mol. The predicted octanol–water partition coefficient (Wildman–Crippen LogP) is 2.91. The first-order valence-corrected chi connectivity index (χ1v) is 8.52. The van der Waals surface area contributed by atoms with Gasteiger partial charge in [0.15, 0.2) is 11.5 Å². The third-order valence-corrected chi connectivity index (χ3v) is 3.69. The molecule has 0 heterocycles. The van der Waals surface area contributed by atoms with Crippen molar-refractivity contribution in [1.29, 1.82) is 0 Å². The molecule has 0 saturated heterocycles. The SMILES string of the molecule is CCOc1ccc(C(=O)N[C@H](Cc2ccccc2)C(=O)O)cc1OCC. The fraction of sp³-hybridized carbons (Fsp3) is 0.300. The van der Waals surface area contributed by atoms with Crippen molar-refractivity contribution >= 4 is 11.9 Å². The second-order valence-corrected chi connectivity index (χ2v) is 5.58. The van der Waals surface area contributed by atoms with Gasteiger partial charge in [0, 0.05) is 12.0 Å². The molecule has 0 aromatic heterocycles. The Morgan fingerprint density at radius 1 is 1.00 bits per heavy atom. The molecule has 0 aliphatic carbocycles. The van der Waals surface area contributed by atoms with Crippen LogP contribution >= 0.6 is 0 Å². The monoisotopic (exact) mass is 357 g/mol. The predicted molar refractivity (Wildman–Crippen MR) is 97.8 cm³/mol. The van der Waals surface area contributed by atoms with Gasteiger partial charge >= 0.3 is 5.97 Å². The van der Waals surface area contributed by atoms with Crippen LogP contribution in [0.5, 0.6) is 11.5 Å². The van der Waals surface area contributed by atoms with E-state index in [1.807, 2.05) is 44.2 Å². The Labute approximate surface area is 152 Å². The van der Waals surface area contributed by atoms with Crippen molar-refractivity contribution in [3.63, 3.8) is 0 Å². The Hall–Kier alpha value is -3.02. The fourth-order valence-electron chi connectivity index (χ4n) is 2.48. The highest BCUT2D eigenvalue weighted by Crippen LogP contribution is 2.28. The maximum atomic E-state index is 12.5. The van der Waals surface area contributed by atoms with Crippen LogP contribution in [-0.4, -0.2) is 36.2 Å². The number of amides is 1. The molecule has 0 radical (unpaired) electrons. The molecule has 0 saturated carbocycles. The highest BCUT2D eigenvalue weighted by atomic mass is 16.5. The van der Waals surface area contributed by atoms with Crippen molar-refractivity contribution in [3.05, 3.63) is 59.7 Å². The van der Waals surface area contributed by atoms with Gasteiger partial charge < -0.3 is 19.9 Å². The van der Waals surface area contributed by atoms with Crippen LogP contribution in [0.2, 0.25) is 0 Å². The minimum absolute atomic E-state index is 0.206. The molecule has 0 spiro atoms. The number of benzene rings is 2. The second kappa shape index (κ2) is 9.46. The lowest BCUT2D eigenvalue weighted by Crippen LogP contribution is -2.42. The highest BCUT2D eigenvalue weighted by molar-refractivity contribution is 5.97. The molecule has 0 bridgehead atoms. The van der Waals surface area contributed by atoms with Gasteiger partial charge in [0.2, 0.25) is 0 Å². The molecule has 2 N–H and O–H groups in total. The average Bonchev–Trinajstić information content (AvgIpc) is 2.63. The van der Waals surface area contributed by atoms with Crippen LogP contribution in [0.15, 0.2) is 48.5 Å². The van der Waals surface area contributed by atoms with Crippen LogP contribution in [0, 0.1) is 0 Å². The van der Waals surface area contributed by atoms with Crippen LogP contribution in [0.25, 0.3) is 0 Å². The molecule has 138 valence electrons. The van der Waals surface area contributed by atoms with E-state index in [2.05, 4.69) is 5.32 Å². The molecule has 0 aliphatic heterocycles. The first-order valence-electron chi connectivity index (χ1n) is 8.52. The molecule has 2 rings (SSSR count). The van der Waals surface area contributed by atoms with Crippen LogP contribution in [0.3, 0.4) is 0 Å².